The van der Waals surface area contributed by atoms with E-state index in [-0.39, 0.29) is 0 Å². The minimum absolute atomic E-state index is 0.778. The van der Waals surface area contributed by atoms with Crippen LogP contribution in [0.15, 0.2) is 30.3 Å². The van der Waals surface area contributed by atoms with Crippen molar-refractivity contribution < 1.29 is 9.53 Å². The van der Waals surface area contributed by atoms with Crippen molar-refractivity contribution in [1.82, 2.24) is 0 Å². The van der Waals surface area contributed by atoms with Gasteiger partial charge in [0.1, 0.15) is 12.0 Å². The highest BCUT2D eigenvalue weighted by Gasteiger charge is 1.94. The molecular weight excluding hydrogens is 224 g/mol. The number of unbranched alkanes of at least 4 members (excludes halogenated alkanes) is 4. The summed E-state index contributed by atoms with van der Waals surface area (Å²) in [4.78, 5) is 10.2. The molecule has 0 N–H and O–H groups in total. The van der Waals surface area contributed by atoms with E-state index >= 15 is 0 Å². The lowest BCUT2D eigenvalue weighted by molar-refractivity contribution is -0.104. The van der Waals surface area contributed by atoms with E-state index in [2.05, 4.69) is 6.92 Å². The zero-order valence-electron chi connectivity index (χ0n) is 11.1. The molecule has 0 heterocycles. The quantitative estimate of drug-likeness (QED) is 0.370. The monoisotopic (exact) mass is 246 g/mol. The molecule has 1 aromatic carbocycles. The summed E-state index contributed by atoms with van der Waals surface area (Å²) >= 11 is 0. The lowest BCUT2D eigenvalue weighted by Crippen LogP contribution is -1.97. The second kappa shape index (κ2) is 9.46. The molecule has 98 valence electrons. The maximum atomic E-state index is 10.2. The fourth-order valence-electron chi connectivity index (χ4n) is 1.72. The number of rotatable bonds is 9. The van der Waals surface area contributed by atoms with E-state index in [4.69, 9.17) is 4.74 Å². The van der Waals surface area contributed by atoms with Crippen molar-refractivity contribution in [2.24, 2.45) is 0 Å². The number of carbonyl (C=O) groups is 1. The molecule has 0 bridgehead atoms. The van der Waals surface area contributed by atoms with Crippen LogP contribution >= 0.6 is 0 Å². The van der Waals surface area contributed by atoms with Crippen LogP contribution in [0.1, 0.15) is 44.6 Å². The van der Waals surface area contributed by atoms with Gasteiger partial charge in [0.05, 0.1) is 6.61 Å². The van der Waals surface area contributed by atoms with Crippen LogP contribution in [-0.2, 0) is 4.79 Å². The highest BCUT2D eigenvalue weighted by atomic mass is 16.5. The second-order valence-corrected chi connectivity index (χ2v) is 4.33. The topological polar surface area (TPSA) is 26.3 Å². The number of benzene rings is 1. The molecule has 0 fully saturated rings. The molecule has 0 aliphatic carbocycles. The maximum Gasteiger partial charge on any atom is 0.142 e. The van der Waals surface area contributed by atoms with Gasteiger partial charge < -0.3 is 4.74 Å². The van der Waals surface area contributed by atoms with Crippen molar-refractivity contribution in [2.45, 2.75) is 39.0 Å². The number of carbonyl (C=O) groups excluding carboxylic acids is 1. The van der Waals surface area contributed by atoms with Crippen LogP contribution in [0.2, 0.25) is 0 Å². The van der Waals surface area contributed by atoms with Gasteiger partial charge in [-0.2, -0.15) is 0 Å². The molecule has 0 aliphatic heterocycles. The van der Waals surface area contributed by atoms with Crippen molar-refractivity contribution in [3.63, 3.8) is 0 Å². The first kappa shape index (κ1) is 14.5. The number of hydrogen-bond donors (Lipinski definition) is 0. The first-order chi connectivity index (χ1) is 8.86. The van der Waals surface area contributed by atoms with Gasteiger partial charge in [-0.1, -0.05) is 50.8 Å². The third-order valence-electron chi connectivity index (χ3n) is 2.76. The lowest BCUT2D eigenvalue weighted by atomic mass is 10.2. The Morgan fingerprint density at radius 1 is 1.06 bits per heavy atom. The smallest absolute Gasteiger partial charge is 0.142 e. The van der Waals surface area contributed by atoms with E-state index in [0.29, 0.717) is 0 Å². The van der Waals surface area contributed by atoms with Gasteiger partial charge in [-0.25, -0.2) is 0 Å². The molecule has 0 radical (unpaired) electrons. The predicted molar refractivity (Wildman–Crippen MR) is 75.8 cm³/mol. The molecular formula is C16H22O2. The molecule has 0 saturated heterocycles. The fourth-order valence-corrected chi connectivity index (χ4v) is 1.72. The molecule has 0 amide bonds. The maximum absolute atomic E-state index is 10.2. The Kier molecular flexibility index (Phi) is 7.61. The molecule has 1 aromatic rings. The summed E-state index contributed by atoms with van der Waals surface area (Å²) in [5, 5.41) is 0. The molecule has 0 spiro atoms. The molecule has 1 rings (SSSR count). The summed E-state index contributed by atoms with van der Waals surface area (Å²) in [5.74, 6) is 0.897. The third kappa shape index (κ3) is 6.24. The minimum atomic E-state index is 0.778. The molecule has 0 unspecified atom stereocenters. The van der Waals surface area contributed by atoms with Crippen molar-refractivity contribution >= 4 is 12.4 Å². The van der Waals surface area contributed by atoms with E-state index in [0.717, 1.165) is 30.6 Å². The first-order valence-corrected chi connectivity index (χ1v) is 6.71. The van der Waals surface area contributed by atoms with E-state index in [1.54, 1.807) is 6.08 Å². The van der Waals surface area contributed by atoms with Crippen molar-refractivity contribution in [2.75, 3.05) is 6.61 Å². The second-order valence-electron chi connectivity index (χ2n) is 4.33. The van der Waals surface area contributed by atoms with Crippen LogP contribution in [0.5, 0.6) is 5.75 Å². The molecule has 0 aromatic heterocycles. The van der Waals surface area contributed by atoms with Gasteiger partial charge in [0, 0.05) is 0 Å². The summed E-state index contributed by atoms with van der Waals surface area (Å²) in [6, 6.07) is 7.78. The normalized spacial score (nSPS) is 10.7. The number of aldehydes is 1. The van der Waals surface area contributed by atoms with Crippen molar-refractivity contribution in [3.05, 3.63) is 35.9 Å². The van der Waals surface area contributed by atoms with Crippen LogP contribution in [0.25, 0.3) is 6.08 Å². The van der Waals surface area contributed by atoms with Gasteiger partial charge in [-0.3, -0.25) is 4.79 Å². The van der Waals surface area contributed by atoms with Crippen LogP contribution < -0.4 is 4.74 Å². The summed E-state index contributed by atoms with van der Waals surface area (Å²) in [7, 11) is 0. The Morgan fingerprint density at radius 3 is 2.44 bits per heavy atom. The highest BCUT2D eigenvalue weighted by Crippen LogP contribution is 2.14. The number of hydrogen-bond acceptors (Lipinski definition) is 2. The van der Waals surface area contributed by atoms with Crippen LogP contribution in [0.4, 0.5) is 0 Å². The van der Waals surface area contributed by atoms with Gasteiger partial charge in [0.25, 0.3) is 0 Å². The minimum Gasteiger partial charge on any atom is -0.494 e. The van der Waals surface area contributed by atoms with E-state index in [1.165, 1.54) is 31.8 Å². The Hall–Kier alpha value is -1.57. The zero-order valence-corrected chi connectivity index (χ0v) is 11.1. The molecule has 2 heteroatoms. The molecule has 2 nitrogen and oxygen atoms in total. The summed E-state index contributed by atoms with van der Waals surface area (Å²) in [6.07, 6.45) is 10.3. The summed E-state index contributed by atoms with van der Waals surface area (Å²) in [6.45, 7) is 3.00. The fraction of sp³-hybridized carbons (Fsp3) is 0.438. The average molecular weight is 246 g/mol. The Morgan fingerprint density at radius 2 is 1.78 bits per heavy atom. The molecule has 18 heavy (non-hydrogen) atoms. The predicted octanol–water partition coefficient (Wildman–Crippen LogP) is 4.25. The van der Waals surface area contributed by atoms with E-state index in [1.807, 2.05) is 24.3 Å². The van der Waals surface area contributed by atoms with Gasteiger partial charge in [-0.15, -0.1) is 0 Å². The molecule has 0 saturated carbocycles. The van der Waals surface area contributed by atoms with Crippen molar-refractivity contribution in [1.29, 1.82) is 0 Å². The van der Waals surface area contributed by atoms with Crippen LogP contribution in [-0.4, -0.2) is 12.9 Å². The standard InChI is InChI=1S/C16H22O2/c1-2-3-4-5-6-14-18-16-11-9-15(10-12-16)8-7-13-17/h7-13H,2-6,14H2,1H3. The number of allylic oxidation sites excluding steroid dienone is 1. The first-order valence-electron chi connectivity index (χ1n) is 6.71. The Balaban J connectivity index is 2.22. The van der Waals surface area contributed by atoms with E-state index in [9.17, 15) is 4.79 Å². The Labute approximate surface area is 110 Å². The summed E-state index contributed by atoms with van der Waals surface area (Å²) < 4.78 is 5.65. The largest absolute Gasteiger partial charge is 0.494 e. The van der Waals surface area contributed by atoms with Crippen LogP contribution in [0.3, 0.4) is 0 Å². The SMILES string of the molecule is CCCCCCCOc1ccc(C=CC=O)cc1. The van der Waals surface area contributed by atoms with Gasteiger partial charge >= 0.3 is 0 Å². The van der Waals surface area contributed by atoms with Gasteiger partial charge in [0.15, 0.2) is 0 Å². The molecule has 0 aliphatic rings. The van der Waals surface area contributed by atoms with Gasteiger partial charge in [0.2, 0.25) is 0 Å². The van der Waals surface area contributed by atoms with Crippen molar-refractivity contribution in [3.8, 4) is 5.75 Å². The number of ether oxygens (including phenoxy) is 1. The van der Waals surface area contributed by atoms with Gasteiger partial charge in [-0.05, 0) is 30.2 Å². The average Bonchev–Trinajstić information content (AvgIpc) is 2.42. The molecule has 0 atom stereocenters. The third-order valence-corrected chi connectivity index (χ3v) is 2.76. The lowest BCUT2D eigenvalue weighted by Gasteiger charge is -2.06. The van der Waals surface area contributed by atoms with E-state index < -0.39 is 0 Å². The zero-order chi connectivity index (χ0) is 13.1. The Bertz CT molecular complexity index is 352. The van der Waals surface area contributed by atoms with Crippen LogP contribution in [0, 0.1) is 0 Å². The highest BCUT2D eigenvalue weighted by molar-refractivity contribution is 5.73. The summed E-state index contributed by atoms with van der Waals surface area (Å²) in [5.41, 5.74) is 1.01.